The van der Waals surface area contributed by atoms with Gasteiger partial charge in [-0.25, -0.2) is 4.98 Å². The van der Waals surface area contributed by atoms with Crippen LogP contribution in [0.5, 0.6) is 0 Å². The van der Waals surface area contributed by atoms with E-state index in [1.54, 1.807) is 0 Å². The van der Waals surface area contributed by atoms with E-state index in [0.29, 0.717) is 0 Å². The van der Waals surface area contributed by atoms with Crippen molar-refractivity contribution in [3.05, 3.63) is 24.0 Å². The minimum Gasteiger partial charge on any atom is -0.370 e. The molecule has 1 aliphatic carbocycles. The van der Waals surface area contributed by atoms with Crippen molar-refractivity contribution in [2.45, 2.75) is 51.0 Å². The van der Waals surface area contributed by atoms with E-state index in [9.17, 15) is 4.79 Å². The summed E-state index contributed by atoms with van der Waals surface area (Å²) in [7, 11) is 0. The number of rotatable bonds is 3. The molecule has 4 rings (SSSR count). The van der Waals surface area contributed by atoms with Gasteiger partial charge in [0.25, 0.3) is 0 Å². The number of carbonyl (C=O) groups excluding carboxylic acids is 1. The molecule has 1 amide bonds. The second-order valence-electron chi connectivity index (χ2n) is 6.68. The third-order valence-electron chi connectivity index (χ3n) is 4.98. The predicted molar refractivity (Wildman–Crippen MR) is 89.2 cm³/mol. The van der Waals surface area contributed by atoms with Crippen molar-refractivity contribution < 1.29 is 9.53 Å². The molecule has 1 aliphatic heterocycles. The Morgan fingerprint density at radius 2 is 2.04 bits per heavy atom. The number of H-pyrrole nitrogens is 1. The lowest BCUT2D eigenvalue weighted by molar-refractivity contribution is -0.120. The van der Waals surface area contributed by atoms with E-state index >= 15 is 0 Å². The lowest BCUT2D eigenvalue weighted by atomic mass is 9.88. The summed E-state index contributed by atoms with van der Waals surface area (Å²) in [5, 5.41) is 3.06. The fourth-order valence-electron chi connectivity index (χ4n) is 3.66. The first-order valence-corrected chi connectivity index (χ1v) is 8.72. The summed E-state index contributed by atoms with van der Waals surface area (Å²) in [5.74, 6) is 1.22. The Labute approximate surface area is 135 Å². The lowest BCUT2D eigenvalue weighted by Gasteiger charge is -2.20. The smallest absolute Gasteiger partial charge is 0.227 e. The number of anilines is 1. The average molecular weight is 313 g/mol. The van der Waals surface area contributed by atoms with Crippen LogP contribution in [-0.2, 0) is 9.53 Å². The Hall–Kier alpha value is -1.88. The zero-order valence-corrected chi connectivity index (χ0v) is 13.3. The van der Waals surface area contributed by atoms with Crippen LogP contribution in [0, 0.1) is 5.92 Å². The molecule has 23 heavy (non-hydrogen) atoms. The maximum Gasteiger partial charge on any atom is 0.227 e. The second-order valence-corrected chi connectivity index (χ2v) is 6.68. The largest absolute Gasteiger partial charge is 0.370 e. The molecule has 2 aliphatic rings. The second kappa shape index (κ2) is 6.32. The molecule has 0 spiro atoms. The number of fused-ring (bicyclic) bond motifs is 1. The van der Waals surface area contributed by atoms with Gasteiger partial charge in [0.2, 0.25) is 5.91 Å². The minimum absolute atomic E-state index is 0.0858. The number of aromatic nitrogens is 2. The molecule has 5 nitrogen and oxygen atoms in total. The fraction of sp³-hybridized carbons (Fsp3) is 0.556. The summed E-state index contributed by atoms with van der Waals surface area (Å²) in [6.45, 7) is 0.810. The number of hydrogen-bond acceptors (Lipinski definition) is 3. The molecule has 2 fully saturated rings. The molecule has 5 heteroatoms. The Bertz CT molecular complexity index is 697. The predicted octanol–water partition coefficient (Wildman–Crippen LogP) is 3.93. The van der Waals surface area contributed by atoms with Gasteiger partial charge < -0.3 is 15.0 Å². The Balaban J connectivity index is 1.50. The molecule has 1 saturated carbocycles. The molecule has 0 unspecified atom stereocenters. The Morgan fingerprint density at radius 3 is 2.83 bits per heavy atom. The van der Waals surface area contributed by atoms with E-state index in [2.05, 4.69) is 15.3 Å². The van der Waals surface area contributed by atoms with Crippen molar-refractivity contribution >= 4 is 22.6 Å². The lowest BCUT2D eigenvalue weighted by Crippen LogP contribution is -2.24. The summed E-state index contributed by atoms with van der Waals surface area (Å²) < 4.78 is 5.68. The van der Waals surface area contributed by atoms with Crippen LogP contribution in [-0.4, -0.2) is 22.5 Å². The van der Waals surface area contributed by atoms with Crippen molar-refractivity contribution in [3.63, 3.8) is 0 Å². The first-order chi connectivity index (χ1) is 11.3. The summed E-state index contributed by atoms with van der Waals surface area (Å²) >= 11 is 0. The van der Waals surface area contributed by atoms with Crippen molar-refractivity contribution in [3.8, 4) is 0 Å². The van der Waals surface area contributed by atoms with Gasteiger partial charge >= 0.3 is 0 Å². The molecule has 2 aromatic rings. The van der Waals surface area contributed by atoms with Gasteiger partial charge in [0, 0.05) is 18.2 Å². The normalized spacial score (nSPS) is 22.5. The number of nitrogens with one attached hydrogen (secondary N) is 2. The van der Waals surface area contributed by atoms with Gasteiger partial charge in [-0.15, -0.1) is 0 Å². The van der Waals surface area contributed by atoms with Crippen LogP contribution >= 0.6 is 0 Å². The number of benzene rings is 1. The molecule has 2 heterocycles. The molecule has 1 aromatic heterocycles. The monoisotopic (exact) mass is 313 g/mol. The van der Waals surface area contributed by atoms with Crippen molar-refractivity contribution in [1.82, 2.24) is 9.97 Å². The number of imidazole rings is 1. The zero-order valence-electron chi connectivity index (χ0n) is 13.3. The van der Waals surface area contributed by atoms with Crippen molar-refractivity contribution in [2.24, 2.45) is 5.92 Å². The molecule has 1 aromatic carbocycles. The summed E-state index contributed by atoms with van der Waals surface area (Å²) in [5.41, 5.74) is 2.72. The molecule has 2 N–H and O–H groups in total. The summed E-state index contributed by atoms with van der Waals surface area (Å²) in [6.07, 6.45) is 7.82. The highest BCUT2D eigenvalue weighted by Crippen LogP contribution is 2.29. The summed E-state index contributed by atoms with van der Waals surface area (Å²) in [6, 6.07) is 5.87. The van der Waals surface area contributed by atoms with Crippen LogP contribution in [0.3, 0.4) is 0 Å². The Kier molecular flexibility index (Phi) is 4.04. The van der Waals surface area contributed by atoms with Gasteiger partial charge in [-0.3, -0.25) is 4.79 Å². The maximum atomic E-state index is 12.4. The molecular weight excluding hydrogens is 290 g/mol. The van der Waals surface area contributed by atoms with E-state index in [-0.39, 0.29) is 17.9 Å². The quantitative estimate of drug-likeness (QED) is 0.902. The Morgan fingerprint density at radius 1 is 1.17 bits per heavy atom. The van der Waals surface area contributed by atoms with Crippen LogP contribution in [0.15, 0.2) is 18.2 Å². The molecular formula is C18H23N3O2. The first-order valence-electron chi connectivity index (χ1n) is 8.72. The van der Waals surface area contributed by atoms with Crippen LogP contribution in [0.1, 0.15) is 56.9 Å². The van der Waals surface area contributed by atoms with Crippen molar-refractivity contribution in [2.75, 3.05) is 11.9 Å². The standard InChI is InChI=1S/C18H23N3O2/c22-18(12-5-2-1-3-6-12)19-13-8-9-14-15(11-13)21-17(20-14)16-7-4-10-23-16/h8-9,11-12,16H,1-7,10H2,(H,19,22)(H,20,21)/t16-/m0/s1. The van der Waals surface area contributed by atoms with Crippen LogP contribution in [0.25, 0.3) is 11.0 Å². The van der Waals surface area contributed by atoms with E-state index in [1.165, 1.54) is 19.3 Å². The maximum absolute atomic E-state index is 12.4. The van der Waals surface area contributed by atoms with Gasteiger partial charge in [-0.2, -0.15) is 0 Å². The van der Waals surface area contributed by atoms with E-state index in [0.717, 1.165) is 54.8 Å². The first kappa shape index (κ1) is 14.7. The van der Waals surface area contributed by atoms with Gasteiger partial charge in [-0.1, -0.05) is 19.3 Å². The number of amides is 1. The molecule has 0 bridgehead atoms. The minimum atomic E-state index is 0.0858. The molecule has 1 saturated heterocycles. The SMILES string of the molecule is O=C(Nc1ccc2nc([C@@H]3CCCO3)[nH]c2c1)C1CCCCC1. The molecule has 1 atom stereocenters. The molecule has 0 radical (unpaired) electrons. The van der Waals surface area contributed by atoms with Gasteiger partial charge in [0.15, 0.2) is 0 Å². The van der Waals surface area contributed by atoms with Crippen LogP contribution in [0.4, 0.5) is 5.69 Å². The highest BCUT2D eigenvalue weighted by Gasteiger charge is 2.22. The zero-order chi connectivity index (χ0) is 15.6. The van der Waals surface area contributed by atoms with Gasteiger partial charge in [0.1, 0.15) is 11.9 Å². The van der Waals surface area contributed by atoms with E-state index in [1.807, 2.05) is 18.2 Å². The number of nitrogens with zero attached hydrogens (tertiary/aromatic N) is 1. The number of hydrogen-bond donors (Lipinski definition) is 2. The van der Waals surface area contributed by atoms with E-state index in [4.69, 9.17) is 4.74 Å². The highest BCUT2D eigenvalue weighted by atomic mass is 16.5. The van der Waals surface area contributed by atoms with Crippen LogP contribution < -0.4 is 5.32 Å². The molecule has 122 valence electrons. The highest BCUT2D eigenvalue weighted by molar-refractivity contribution is 5.94. The average Bonchev–Trinajstić information content (AvgIpc) is 3.24. The number of aromatic amines is 1. The topological polar surface area (TPSA) is 67.0 Å². The summed E-state index contributed by atoms with van der Waals surface area (Å²) in [4.78, 5) is 20.3. The fourth-order valence-corrected chi connectivity index (χ4v) is 3.66. The number of ether oxygens (including phenoxy) is 1. The number of carbonyl (C=O) groups is 1. The van der Waals surface area contributed by atoms with Gasteiger partial charge in [0.05, 0.1) is 11.0 Å². The van der Waals surface area contributed by atoms with Crippen molar-refractivity contribution in [1.29, 1.82) is 0 Å². The van der Waals surface area contributed by atoms with Crippen LogP contribution in [0.2, 0.25) is 0 Å². The van der Waals surface area contributed by atoms with Gasteiger partial charge in [-0.05, 0) is 43.9 Å². The third kappa shape index (κ3) is 3.11. The van der Waals surface area contributed by atoms with E-state index < -0.39 is 0 Å². The third-order valence-corrected chi connectivity index (χ3v) is 4.98.